The van der Waals surface area contributed by atoms with Crippen molar-refractivity contribution in [2.45, 2.75) is 26.0 Å². The highest BCUT2D eigenvalue weighted by Crippen LogP contribution is 2.34. The van der Waals surface area contributed by atoms with Crippen molar-refractivity contribution in [3.05, 3.63) is 41.0 Å². The number of aryl methyl sites for hydroxylation is 1. The second-order valence-corrected chi connectivity index (χ2v) is 8.11. The van der Waals surface area contributed by atoms with Crippen LogP contribution in [0.3, 0.4) is 0 Å². The maximum Gasteiger partial charge on any atom is 0.274 e. The van der Waals surface area contributed by atoms with Gasteiger partial charge >= 0.3 is 0 Å². The minimum Gasteiger partial charge on any atom is -0.364 e. The number of nitrogens with zero attached hydrogens (tertiary/aromatic N) is 5. The average Bonchev–Trinajstić information content (AvgIpc) is 3.23. The Kier molecular flexibility index (Phi) is 4.77. The van der Waals surface area contributed by atoms with E-state index in [1.807, 2.05) is 24.9 Å². The predicted octanol–water partition coefficient (Wildman–Crippen LogP) is 3.26. The predicted molar refractivity (Wildman–Crippen MR) is 108 cm³/mol. The molecule has 1 N–H and O–H groups in total. The largest absolute Gasteiger partial charge is 0.364 e. The van der Waals surface area contributed by atoms with E-state index in [1.165, 1.54) is 6.07 Å². The number of carbonyl (C=O) groups is 1. The first kappa shape index (κ1) is 18.4. The third kappa shape index (κ3) is 3.45. The van der Waals surface area contributed by atoms with Crippen LogP contribution in [0.4, 0.5) is 15.2 Å². The number of anilines is 2. The zero-order valence-electron chi connectivity index (χ0n) is 15.5. The van der Waals surface area contributed by atoms with E-state index in [1.54, 1.807) is 16.8 Å². The van der Waals surface area contributed by atoms with Crippen LogP contribution < -0.4 is 10.2 Å². The van der Waals surface area contributed by atoms with Crippen molar-refractivity contribution >= 4 is 40.4 Å². The molecule has 0 spiro atoms. The molecule has 1 fully saturated rings. The number of fused-ring (bicyclic) bond motifs is 1. The van der Waals surface area contributed by atoms with Crippen molar-refractivity contribution in [3.8, 4) is 5.97 Å². The molecule has 0 saturated carbocycles. The van der Waals surface area contributed by atoms with E-state index in [4.69, 9.17) is 5.26 Å². The molecule has 3 aromatic heterocycles. The summed E-state index contributed by atoms with van der Waals surface area (Å²) in [6.07, 6.45) is 5.77. The van der Waals surface area contributed by atoms with Crippen LogP contribution in [0.5, 0.6) is 0 Å². The van der Waals surface area contributed by atoms with Crippen molar-refractivity contribution in [2.24, 2.45) is 0 Å². The fourth-order valence-corrected chi connectivity index (χ4v) is 4.44. The molecule has 3 aromatic rings. The number of hydrogen-bond donors (Lipinski definition) is 1. The van der Waals surface area contributed by atoms with Gasteiger partial charge in [0, 0.05) is 31.3 Å². The minimum absolute atomic E-state index is 0.0220. The fraction of sp³-hybridized carbons (Fsp3) is 0.333. The molecule has 1 aliphatic rings. The van der Waals surface area contributed by atoms with Gasteiger partial charge in [0.05, 0.1) is 23.1 Å². The maximum absolute atomic E-state index is 14.4. The van der Waals surface area contributed by atoms with Crippen LogP contribution in [0.1, 0.15) is 22.3 Å². The molecule has 0 bridgehead atoms. The second-order valence-electron chi connectivity index (χ2n) is 7.08. The lowest BCUT2D eigenvalue weighted by molar-refractivity contribution is 0.102. The second kappa shape index (κ2) is 7.24. The fourth-order valence-electron chi connectivity index (χ4n) is 3.47. The Morgan fingerprint density at radius 2 is 2.32 bits per heavy atom. The zero-order chi connectivity index (χ0) is 19.8. The Morgan fingerprint density at radius 1 is 1.50 bits per heavy atom. The van der Waals surface area contributed by atoms with Crippen molar-refractivity contribution < 1.29 is 9.18 Å². The summed E-state index contributed by atoms with van der Waals surface area (Å²) < 4.78 is 16.2. The third-order valence-corrected chi connectivity index (χ3v) is 6.14. The first-order valence-electron chi connectivity index (χ1n) is 9.01. The topological polar surface area (TPSA) is 86.3 Å². The molecule has 1 aliphatic heterocycles. The quantitative estimate of drug-likeness (QED) is 0.687. The molecule has 7 nitrogen and oxygen atoms in total. The van der Waals surface area contributed by atoms with Crippen molar-refractivity contribution in [1.29, 1.82) is 5.26 Å². The third-order valence-electron chi connectivity index (χ3n) is 4.97. The molecular weight excluding hydrogens is 378 g/mol. The SMILES string of the molecule is Cc1cn2cc(NC(=O)c3sc(N4CCB(C#N)C(C)C4)cc3F)ncc2n1. The van der Waals surface area contributed by atoms with Crippen molar-refractivity contribution in [1.82, 2.24) is 14.4 Å². The Balaban J connectivity index is 1.51. The van der Waals surface area contributed by atoms with E-state index in [0.29, 0.717) is 29.6 Å². The number of aromatic nitrogens is 3. The molecule has 10 heteroatoms. The standard InChI is InChI=1S/C18H18BFN6OS/c1-11-7-25(4-3-19(11)10-21)16-5-13(20)17(28-16)18(27)24-14-9-26-8-12(2)23-15(26)6-22-14/h5-6,8-9,11H,3-4,7H2,1-2H3,(H,24,27). The average molecular weight is 396 g/mol. The van der Waals surface area contributed by atoms with E-state index in [-0.39, 0.29) is 17.4 Å². The summed E-state index contributed by atoms with van der Waals surface area (Å²) in [4.78, 5) is 23.1. The van der Waals surface area contributed by atoms with Crippen molar-refractivity contribution in [2.75, 3.05) is 23.3 Å². The van der Waals surface area contributed by atoms with E-state index in [9.17, 15) is 9.18 Å². The zero-order valence-corrected chi connectivity index (χ0v) is 16.3. The van der Waals surface area contributed by atoms with Gasteiger partial charge in [-0.05, 0) is 19.1 Å². The van der Waals surface area contributed by atoms with E-state index in [0.717, 1.165) is 23.4 Å². The van der Waals surface area contributed by atoms with Gasteiger partial charge in [-0.1, -0.05) is 6.92 Å². The molecule has 1 atom stereocenters. The summed E-state index contributed by atoms with van der Waals surface area (Å²) in [6.45, 7) is 5.28. The molecular formula is C18H18BFN6OS. The molecule has 28 heavy (non-hydrogen) atoms. The molecule has 4 heterocycles. The number of rotatable bonds is 3. The van der Waals surface area contributed by atoms with Crippen LogP contribution in [0.15, 0.2) is 24.7 Å². The molecule has 142 valence electrons. The Hall–Kier alpha value is -2.93. The Morgan fingerprint density at radius 3 is 3.07 bits per heavy atom. The molecule has 4 rings (SSSR count). The van der Waals surface area contributed by atoms with Crippen LogP contribution in [-0.2, 0) is 0 Å². The highest BCUT2D eigenvalue weighted by Gasteiger charge is 2.31. The molecule has 0 radical (unpaired) electrons. The Bertz CT molecular complexity index is 1090. The van der Waals surface area contributed by atoms with Gasteiger partial charge < -0.3 is 14.6 Å². The van der Waals surface area contributed by atoms with Gasteiger partial charge in [-0.25, -0.2) is 19.6 Å². The van der Waals surface area contributed by atoms with Crippen LogP contribution in [0, 0.1) is 24.0 Å². The summed E-state index contributed by atoms with van der Waals surface area (Å²) in [5.74, 6) is 1.78. The van der Waals surface area contributed by atoms with Crippen LogP contribution in [0.2, 0.25) is 12.1 Å². The highest BCUT2D eigenvalue weighted by molar-refractivity contribution is 7.18. The summed E-state index contributed by atoms with van der Waals surface area (Å²) in [6, 6.07) is 1.40. The van der Waals surface area contributed by atoms with E-state index in [2.05, 4.69) is 21.3 Å². The number of nitrogens with one attached hydrogen (secondary N) is 1. The van der Waals surface area contributed by atoms with Gasteiger partial charge in [0.25, 0.3) is 12.6 Å². The summed E-state index contributed by atoms with van der Waals surface area (Å²) >= 11 is 1.12. The van der Waals surface area contributed by atoms with Gasteiger partial charge in [-0.3, -0.25) is 4.79 Å². The molecule has 1 saturated heterocycles. The number of imidazole rings is 1. The van der Waals surface area contributed by atoms with Gasteiger partial charge in [0.2, 0.25) is 0 Å². The summed E-state index contributed by atoms with van der Waals surface area (Å²) in [5.41, 5.74) is 1.52. The summed E-state index contributed by atoms with van der Waals surface area (Å²) in [7, 11) is 0. The maximum atomic E-state index is 14.4. The van der Waals surface area contributed by atoms with Crippen LogP contribution in [0.25, 0.3) is 5.65 Å². The summed E-state index contributed by atoms with van der Waals surface area (Å²) in [5, 5.41) is 12.5. The molecule has 0 aliphatic carbocycles. The van der Waals surface area contributed by atoms with Crippen LogP contribution in [-0.4, -0.2) is 40.1 Å². The first-order valence-corrected chi connectivity index (χ1v) is 9.83. The van der Waals surface area contributed by atoms with Crippen LogP contribution >= 0.6 is 11.3 Å². The number of nitriles is 1. The lowest BCUT2D eigenvalue weighted by Gasteiger charge is -2.32. The molecule has 0 aromatic carbocycles. The monoisotopic (exact) mass is 396 g/mol. The van der Waals surface area contributed by atoms with Gasteiger partial charge in [-0.15, -0.1) is 11.3 Å². The smallest absolute Gasteiger partial charge is 0.274 e. The van der Waals surface area contributed by atoms with Gasteiger partial charge in [0.15, 0.2) is 5.65 Å². The number of halogens is 1. The number of amides is 1. The highest BCUT2D eigenvalue weighted by atomic mass is 32.1. The van der Waals surface area contributed by atoms with E-state index >= 15 is 0 Å². The number of hydrogen-bond acceptors (Lipinski definition) is 6. The lowest BCUT2D eigenvalue weighted by atomic mass is 9.39. The Labute approximate surface area is 165 Å². The number of thiophene rings is 1. The van der Waals surface area contributed by atoms with E-state index < -0.39 is 11.7 Å². The lowest BCUT2D eigenvalue weighted by Crippen LogP contribution is -2.40. The molecule has 1 unspecified atom stereocenters. The van der Waals surface area contributed by atoms with Gasteiger partial charge in [-0.2, -0.15) is 0 Å². The number of carbonyl (C=O) groups excluding carboxylic acids is 1. The van der Waals surface area contributed by atoms with Crippen molar-refractivity contribution in [3.63, 3.8) is 0 Å². The normalized spacial score (nSPS) is 17.0. The minimum atomic E-state index is -0.549. The van der Waals surface area contributed by atoms with Gasteiger partial charge in [0.1, 0.15) is 16.5 Å². The first-order chi connectivity index (χ1) is 13.4. The molecule has 1 amide bonds.